The summed E-state index contributed by atoms with van der Waals surface area (Å²) in [6, 6.07) is 12.4. The van der Waals surface area contributed by atoms with Crippen molar-refractivity contribution in [2.75, 3.05) is 10.8 Å². The number of nitrogens with one attached hydrogen (secondary N) is 1. The number of benzene rings is 2. The van der Waals surface area contributed by atoms with E-state index < -0.39 is 38.7 Å². The topological polar surface area (TPSA) is 152 Å². The molecule has 0 saturated carbocycles. The van der Waals surface area contributed by atoms with Gasteiger partial charge in [-0.3, -0.25) is 0 Å². The third-order valence-corrected chi connectivity index (χ3v) is 8.96. The first-order valence-electron chi connectivity index (χ1n) is 10.0. The molecule has 0 spiro atoms. The van der Waals surface area contributed by atoms with E-state index in [-0.39, 0.29) is 27.0 Å². The Balaban J connectivity index is 1.70. The number of fused-ring (bicyclic) bond motifs is 1. The van der Waals surface area contributed by atoms with E-state index in [1.54, 1.807) is 17.1 Å². The highest BCUT2D eigenvalue weighted by atomic mass is 35.5. The van der Waals surface area contributed by atoms with Crippen LogP contribution in [0.1, 0.15) is 17.4 Å². The fraction of sp³-hybridized carbons (Fsp3) is 0.143. The molecule has 2 N–H and O–H groups in total. The molecular weight excluding hydrogens is 522 g/mol. The largest absolute Gasteiger partial charge is 0.477 e. The maximum absolute atomic E-state index is 13.0. The van der Waals surface area contributed by atoms with E-state index in [0.717, 1.165) is 0 Å². The number of carbonyl (C=O) groups excluding carboxylic acids is 1. The minimum absolute atomic E-state index is 0.0192. The molecule has 0 radical (unpaired) electrons. The summed E-state index contributed by atoms with van der Waals surface area (Å²) in [7, 11) is -9.44. The van der Waals surface area contributed by atoms with Gasteiger partial charge in [-0.05, 0) is 48.9 Å². The molecule has 1 aliphatic heterocycles. The second kappa shape index (κ2) is 9.00. The third kappa shape index (κ3) is 4.62. The molecule has 184 valence electrons. The minimum atomic E-state index is -4.80. The van der Waals surface area contributed by atoms with Crippen LogP contribution in [0, 0.1) is 0 Å². The van der Waals surface area contributed by atoms with E-state index in [0.29, 0.717) is 22.1 Å². The average Bonchev–Trinajstić information content (AvgIpc) is 3.23. The van der Waals surface area contributed by atoms with Crippen LogP contribution < -0.4 is 13.2 Å². The number of aromatic carboxylic acids is 1. The summed E-state index contributed by atoms with van der Waals surface area (Å²) in [5.74, 6) is -2.29. The van der Waals surface area contributed by atoms with Crippen LogP contribution in [0.5, 0.6) is 5.75 Å². The van der Waals surface area contributed by atoms with Crippen LogP contribution in [0.3, 0.4) is 0 Å². The Morgan fingerprint density at radius 1 is 1.11 bits per heavy atom. The molecule has 2 heterocycles. The van der Waals surface area contributed by atoms with E-state index in [9.17, 15) is 31.5 Å². The molecule has 2 aromatic carbocycles. The van der Waals surface area contributed by atoms with Gasteiger partial charge in [-0.25, -0.2) is 22.3 Å². The van der Waals surface area contributed by atoms with Gasteiger partial charge in [-0.1, -0.05) is 33.9 Å². The molecule has 0 atom stereocenters. The van der Waals surface area contributed by atoms with Crippen molar-refractivity contribution < 1.29 is 36.3 Å². The normalized spacial score (nSPS) is 13.9. The Hall–Kier alpha value is -3.39. The second-order valence-electron chi connectivity index (χ2n) is 7.34. The van der Waals surface area contributed by atoms with Gasteiger partial charge < -0.3 is 14.4 Å². The lowest BCUT2D eigenvalue weighted by molar-refractivity contribution is -0.133. The van der Waals surface area contributed by atoms with Crippen LogP contribution in [-0.4, -0.2) is 45.0 Å². The van der Waals surface area contributed by atoms with E-state index in [2.05, 4.69) is 0 Å². The summed E-state index contributed by atoms with van der Waals surface area (Å²) in [6.45, 7) is 1.28. The molecule has 0 saturated heterocycles. The first-order valence-corrected chi connectivity index (χ1v) is 13.3. The van der Waals surface area contributed by atoms with Crippen molar-refractivity contribution in [2.45, 2.75) is 18.4 Å². The molecule has 0 unspecified atom stereocenters. The summed E-state index contributed by atoms with van der Waals surface area (Å²) in [5.41, 5.74) is 0.715. The Morgan fingerprint density at radius 3 is 2.51 bits per heavy atom. The van der Waals surface area contributed by atoms with Crippen LogP contribution in [-0.2, 0) is 31.6 Å². The maximum atomic E-state index is 13.0. The minimum Gasteiger partial charge on any atom is -0.477 e. The van der Waals surface area contributed by atoms with Crippen molar-refractivity contribution in [1.82, 2.24) is 8.69 Å². The zero-order valence-corrected chi connectivity index (χ0v) is 20.4. The molecule has 0 aliphatic carbocycles. The Bertz CT molecular complexity index is 1560. The second-order valence-corrected chi connectivity index (χ2v) is 11.3. The number of carboxylic acid groups (broad SMARTS) is 1. The first-order chi connectivity index (χ1) is 16.4. The van der Waals surface area contributed by atoms with Gasteiger partial charge in [-0.15, -0.1) is 0 Å². The van der Waals surface area contributed by atoms with Gasteiger partial charge in [0.15, 0.2) is 5.75 Å². The van der Waals surface area contributed by atoms with Crippen molar-refractivity contribution in [1.29, 1.82) is 0 Å². The average molecular weight is 540 g/mol. The lowest BCUT2D eigenvalue weighted by atomic mass is 10.1. The van der Waals surface area contributed by atoms with Gasteiger partial charge in [0.2, 0.25) is 0 Å². The summed E-state index contributed by atoms with van der Waals surface area (Å²) in [6.07, 6.45) is 0. The maximum Gasteiger partial charge on any atom is 0.352 e. The van der Waals surface area contributed by atoms with Gasteiger partial charge in [0, 0.05) is 12.2 Å². The monoisotopic (exact) mass is 539 g/mol. The standard InChI is InChI=1S/C21H18ClN3O8S2/c1-2-24-16(9-10-18(24)21(27)28)13-5-3-6-14(11-13)34(29,30)23-35(31,32)25-12-19(26)33-20-15(22)7-4-8-17(20)25/h3-11,23H,2,12H2,1H3,(H,27,28). The molecule has 14 heteroatoms. The van der Waals surface area contributed by atoms with Crippen LogP contribution in [0.2, 0.25) is 5.02 Å². The summed E-state index contributed by atoms with van der Waals surface area (Å²) >= 11 is 6.00. The number of carboxylic acids is 1. The first kappa shape index (κ1) is 24.7. The lowest BCUT2D eigenvalue weighted by Gasteiger charge is -2.29. The number of esters is 1. The van der Waals surface area contributed by atoms with Crippen molar-refractivity contribution in [3.8, 4) is 17.0 Å². The number of hydrogen-bond acceptors (Lipinski definition) is 7. The van der Waals surface area contributed by atoms with E-state index in [4.69, 9.17) is 16.3 Å². The van der Waals surface area contributed by atoms with Crippen LogP contribution in [0.25, 0.3) is 11.3 Å². The van der Waals surface area contributed by atoms with E-state index in [1.165, 1.54) is 53.1 Å². The fourth-order valence-corrected chi connectivity index (χ4v) is 6.94. The molecule has 4 rings (SSSR count). The van der Waals surface area contributed by atoms with Crippen molar-refractivity contribution in [3.63, 3.8) is 0 Å². The zero-order valence-electron chi connectivity index (χ0n) is 18.0. The van der Waals surface area contributed by atoms with Crippen molar-refractivity contribution in [2.24, 2.45) is 0 Å². The number of halogens is 1. The number of para-hydroxylation sites is 1. The quantitative estimate of drug-likeness (QED) is 0.343. The number of nitrogens with zero attached hydrogens (tertiary/aromatic N) is 2. The number of sulfonamides is 1. The van der Waals surface area contributed by atoms with Crippen molar-refractivity contribution in [3.05, 3.63) is 65.3 Å². The number of ether oxygens (including phenoxy) is 1. The Kier molecular flexibility index (Phi) is 6.36. The highest BCUT2D eigenvalue weighted by molar-refractivity contribution is 8.05. The fourth-order valence-electron chi connectivity index (χ4n) is 3.66. The number of carbonyl (C=O) groups is 2. The molecule has 0 amide bonds. The van der Waals surface area contributed by atoms with E-state index >= 15 is 0 Å². The highest BCUT2D eigenvalue weighted by Crippen LogP contribution is 2.39. The lowest BCUT2D eigenvalue weighted by Crippen LogP contribution is -2.48. The number of anilines is 1. The Morgan fingerprint density at radius 2 is 1.83 bits per heavy atom. The Labute approximate surface area is 205 Å². The van der Waals surface area contributed by atoms with E-state index in [1.807, 2.05) is 0 Å². The van der Waals surface area contributed by atoms with Gasteiger partial charge in [0.25, 0.3) is 10.0 Å². The molecular formula is C21H18ClN3O8S2. The predicted octanol–water partition coefficient (Wildman–Crippen LogP) is 2.48. The molecule has 1 aromatic heterocycles. The highest BCUT2D eigenvalue weighted by Gasteiger charge is 2.37. The predicted molar refractivity (Wildman–Crippen MR) is 126 cm³/mol. The van der Waals surface area contributed by atoms with Gasteiger partial charge in [-0.2, -0.15) is 8.42 Å². The summed E-state index contributed by atoms with van der Waals surface area (Å²) in [5, 5.41) is 9.34. The molecule has 11 nitrogen and oxygen atoms in total. The third-order valence-electron chi connectivity index (χ3n) is 5.16. The molecule has 3 aromatic rings. The van der Waals surface area contributed by atoms with Crippen molar-refractivity contribution >= 4 is 49.5 Å². The SMILES string of the molecule is CCn1c(C(=O)O)ccc1-c1cccc(S(=O)(=O)NS(=O)(=O)N2CC(=O)Oc3c(Cl)cccc32)c1. The number of hydrogen-bond donors (Lipinski definition) is 2. The van der Waals surface area contributed by atoms with Crippen LogP contribution in [0.4, 0.5) is 5.69 Å². The molecule has 0 fully saturated rings. The molecule has 35 heavy (non-hydrogen) atoms. The summed E-state index contributed by atoms with van der Waals surface area (Å²) in [4.78, 5) is 23.0. The molecule has 0 bridgehead atoms. The zero-order chi connectivity index (χ0) is 25.5. The number of rotatable bonds is 7. The van der Waals surface area contributed by atoms with Gasteiger partial charge in [0.05, 0.1) is 15.6 Å². The molecule has 1 aliphatic rings. The van der Waals surface area contributed by atoms with Gasteiger partial charge >= 0.3 is 22.1 Å². The van der Waals surface area contributed by atoms with Crippen LogP contribution >= 0.6 is 11.6 Å². The summed E-state index contributed by atoms with van der Waals surface area (Å²) < 4.78 is 60.9. The van der Waals surface area contributed by atoms with Crippen LogP contribution in [0.15, 0.2) is 59.5 Å². The smallest absolute Gasteiger partial charge is 0.352 e. The number of aromatic nitrogens is 1. The van der Waals surface area contributed by atoms with Gasteiger partial charge in [0.1, 0.15) is 12.2 Å².